The Labute approximate surface area is 118 Å². The van der Waals surface area contributed by atoms with Gasteiger partial charge >= 0.3 is 12.0 Å². The van der Waals surface area contributed by atoms with Crippen LogP contribution >= 0.6 is 23.2 Å². The molecule has 19 heavy (non-hydrogen) atoms. The predicted molar refractivity (Wildman–Crippen MR) is 67.5 cm³/mol. The van der Waals surface area contributed by atoms with Gasteiger partial charge in [0.15, 0.2) is 0 Å². The lowest BCUT2D eigenvalue weighted by molar-refractivity contribution is 0.303. The highest BCUT2D eigenvalue weighted by atomic mass is 35.5. The molecule has 1 heterocycles. The van der Waals surface area contributed by atoms with Crippen LogP contribution in [0.4, 0.5) is 4.39 Å². The lowest BCUT2D eigenvalue weighted by Gasteiger charge is -2.06. The fraction of sp³-hybridized carbons (Fsp3) is 0.182. The Kier molecular flexibility index (Phi) is 4.34. The molecule has 0 aliphatic carbocycles. The minimum Gasteiger partial charge on any atom is -0.464 e. The van der Waals surface area contributed by atoms with Crippen LogP contribution in [0.15, 0.2) is 18.2 Å². The van der Waals surface area contributed by atoms with Crippen molar-refractivity contribution >= 4 is 23.2 Å². The Balaban J connectivity index is 2.24. The molecule has 0 unspecified atom stereocenters. The lowest BCUT2D eigenvalue weighted by Crippen LogP contribution is -2.01. The second-order valence-electron chi connectivity index (χ2n) is 3.28. The van der Waals surface area contributed by atoms with E-state index in [-0.39, 0.29) is 28.1 Å². The molecule has 100 valence electrons. The second-order valence-corrected chi connectivity index (χ2v) is 4.03. The maximum atomic E-state index is 13.0. The average Bonchev–Trinajstić information content (AvgIpc) is 2.33. The zero-order valence-corrected chi connectivity index (χ0v) is 11.2. The third-order valence-corrected chi connectivity index (χ3v) is 2.40. The highest BCUT2D eigenvalue weighted by Gasteiger charge is 2.09. The molecule has 0 atom stereocenters. The van der Waals surface area contributed by atoms with Crippen LogP contribution in [0, 0.1) is 5.82 Å². The van der Waals surface area contributed by atoms with E-state index in [1.165, 1.54) is 18.2 Å². The fourth-order valence-electron chi connectivity index (χ4n) is 1.20. The summed E-state index contributed by atoms with van der Waals surface area (Å²) in [5, 5.41) is -0.135. The quantitative estimate of drug-likeness (QED) is 0.865. The molecule has 2 rings (SSSR count). The van der Waals surface area contributed by atoms with Gasteiger partial charge in [-0.25, -0.2) is 4.39 Å². The molecule has 0 radical (unpaired) electrons. The fourth-order valence-corrected chi connectivity index (χ4v) is 1.51. The van der Waals surface area contributed by atoms with E-state index < -0.39 is 5.82 Å². The first-order valence-electron chi connectivity index (χ1n) is 5.25. The lowest BCUT2D eigenvalue weighted by atomic mass is 10.3. The van der Waals surface area contributed by atoms with Gasteiger partial charge in [-0.1, -0.05) is 11.6 Å². The predicted octanol–water partition coefficient (Wildman–Crippen LogP) is 3.51. The SMILES string of the molecule is CCOc1nc(Cl)nc(Oc2ccc(F)c(Cl)c2)n1. The first-order chi connectivity index (χ1) is 9.08. The van der Waals surface area contributed by atoms with Crippen LogP contribution in [0.2, 0.25) is 10.3 Å². The molecule has 0 fully saturated rings. The van der Waals surface area contributed by atoms with Crippen molar-refractivity contribution in [2.45, 2.75) is 6.92 Å². The normalized spacial score (nSPS) is 10.3. The maximum absolute atomic E-state index is 13.0. The molecule has 0 amide bonds. The number of nitrogens with zero attached hydrogens (tertiary/aromatic N) is 3. The van der Waals surface area contributed by atoms with Gasteiger partial charge in [-0.15, -0.1) is 4.98 Å². The monoisotopic (exact) mass is 303 g/mol. The Morgan fingerprint density at radius 3 is 2.58 bits per heavy atom. The summed E-state index contributed by atoms with van der Waals surface area (Å²) in [6, 6.07) is 3.84. The van der Waals surface area contributed by atoms with Gasteiger partial charge in [0, 0.05) is 6.07 Å². The van der Waals surface area contributed by atoms with Crippen molar-refractivity contribution in [3.05, 3.63) is 34.3 Å². The van der Waals surface area contributed by atoms with Crippen molar-refractivity contribution in [3.8, 4) is 17.8 Å². The van der Waals surface area contributed by atoms with Gasteiger partial charge in [-0.3, -0.25) is 0 Å². The molecule has 1 aromatic carbocycles. The number of hydrogen-bond acceptors (Lipinski definition) is 5. The van der Waals surface area contributed by atoms with Crippen molar-refractivity contribution in [1.82, 2.24) is 15.0 Å². The molecule has 0 spiro atoms. The Morgan fingerprint density at radius 1 is 1.16 bits per heavy atom. The summed E-state index contributed by atoms with van der Waals surface area (Å²) in [5.74, 6) is -0.270. The van der Waals surface area contributed by atoms with Gasteiger partial charge in [0.05, 0.1) is 11.6 Å². The highest BCUT2D eigenvalue weighted by Crippen LogP contribution is 2.25. The van der Waals surface area contributed by atoms with Crippen molar-refractivity contribution in [2.75, 3.05) is 6.61 Å². The van der Waals surface area contributed by atoms with E-state index >= 15 is 0 Å². The summed E-state index contributed by atoms with van der Waals surface area (Å²) in [6.45, 7) is 2.15. The number of rotatable bonds is 4. The van der Waals surface area contributed by atoms with Gasteiger partial charge in [-0.2, -0.15) is 9.97 Å². The largest absolute Gasteiger partial charge is 0.464 e. The standard InChI is InChI=1S/C11H8Cl2FN3O2/c1-2-18-10-15-9(13)16-11(17-10)19-6-3-4-8(14)7(12)5-6/h3-5H,2H2,1H3. The number of ether oxygens (including phenoxy) is 2. The number of aromatic nitrogens is 3. The van der Waals surface area contributed by atoms with E-state index in [1.54, 1.807) is 6.92 Å². The molecule has 0 bridgehead atoms. The minimum atomic E-state index is -0.544. The van der Waals surface area contributed by atoms with Crippen molar-refractivity contribution in [3.63, 3.8) is 0 Å². The molecule has 0 N–H and O–H groups in total. The molecule has 1 aromatic heterocycles. The number of halogens is 3. The Morgan fingerprint density at radius 2 is 1.89 bits per heavy atom. The minimum absolute atomic E-state index is 0.0470. The third kappa shape index (κ3) is 3.65. The smallest absolute Gasteiger partial charge is 0.329 e. The van der Waals surface area contributed by atoms with Gasteiger partial charge in [0.25, 0.3) is 0 Å². The molecule has 0 aliphatic rings. The highest BCUT2D eigenvalue weighted by molar-refractivity contribution is 6.30. The average molecular weight is 304 g/mol. The topological polar surface area (TPSA) is 57.1 Å². The van der Waals surface area contributed by atoms with Crippen LogP contribution in [0.1, 0.15) is 6.92 Å². The Hall–Kier alpha value is -1.66. The molecule has 0 aliphatic heterocycles. The maximum Gasteiger partial charge on any atom is 0.329 e. The van der Waals surface area contributed by atoms with Crippen LogP contribution in [0.25, 0.3) is 0 Å². The summed E-state index contributed by atoms with van der Waals surface area (Å²) >= 11 is 11.3. The summed E-state index contributed by atoms with van der Waals surface area (Å²) in [6.07, 6.45) is 0. The summed E-state index contributed by atoms with van der Waals surface area (Å²) in [7, 11) is 0. The molecule has 2 aromatic rings. The molecular formula is C11H8Cl2FN3O2. The van der Waals surface area contributed by atoms with Crippen LogP contribution in [-0.2, 0) is 0 Å². The van der Waals surface area contributed by atoms with E-state index in [2.05, 4.69) is 15.0 Å². The summed E-state index contributed by atoms with van der Waals surface area (Å²) < 4.78 is 23.4. The van der Waals surface area contributed by atoms with Crippen LogP contribution in [0.3, 0.4) is 0 Å². The number of hydrogen-bond donors (Lipinski definition) is 0. The first-order valence-corrected chi connectivity index (χ1v) is 6.01. The number of benzene rings is 1. The first kappa shape index (κ1) is 13.8. The molecule has 5 nitrogen and oxygen atoms in total. The molecule has 0 saturated carbocycles. The van der Waals surface area contributed by atoms with Gasteiger partial charge in [0.1, 0.15) is 11.6 Å². The van der Waals surface area contributed by atoms with E-state index in [9.17, 15) is 4.39 Å². The zero-order chi connectivity index (χ0) is 13.8. The van der Waals surface area contributed by atoms with Crippen molar-refractivity contribution < 1.29 is 13.9 Å². The molecule has 0 saturated heterocycles. The second kappa shape index (κ2) is 5.99. The van der Waals surface area contributed by atoms with Crippen LogP contribution < -0.4 is 9.47 Å². The molecular weight excluding hydrogens is 296 g/mol. The summed E-state index contributed by atoms with van der Waals surface area (Å²) in [5.41, 5.74) is 0. The summed E-state index contributed by atoms with van der Waals surface area (Å²) in [4.78, 5) is 11.4. The van der Waals surface area contributed by atoms with Crippen molar-refractivity contribution in [1.29, 1.82) is 0 Å². The van der Waals surface area contributed by atoms with Gasteiger partial charge in [-0.05, 0) is 30.7 Å². The van der Waals surface area contributed by atoms with E-state index in [0.29, 0.717) is 6.61 Å². The third-order valence-electron chi connectivity index (χ3n) is 1.94. The Bertz CT molecular complexity index is 598. The van der Waals surface area contributed by atoms with Crippen LogP contribution in [0.5, 0.6) is 17.8 Å². The van der Waals surface area contributed by atoms with Gasteiger partial charge in [0.2, 0.25) is 5.28 Å². The van der Waals surface area contributed by atoms with Crippen molar-refractivity contribution in [2.24, 2.45) is 0 Å². The zero-order valence-electron chi connectivity index (χ0n) is 9.73. The van der Waals surface area contributed by atoms with Crippen LogP contribution in [-0.4, -0.2) is 21.6 Å². The van der Waals surface area contributed by atoms with E-state index in [0.717, 1.165) is 0 Å². The molecule has 8 heteroatoms. The van der Waals surface area contributed by atoms with E-state index in [1.807, 2.05) is 0 Å². The van der Waals surface area contributed by atoms with E-state index in [4.69, 9.17) is 32.7 Å². The van der Waals surface area contributed by atoms with Gasteiger partial charge < -0.3 is 9.47 Å².